The topological polar surface area (TPSA) is 109 Å². The number of hydrogen-bond donors (Lipinski definition) is 3. The number of aliphatic carboxylic acids is 1. The zero-order valence-corrected chi connectivity index (χ0v) is 13.8. The molecule has 0 spiro atoms. The summed E-state index contributed by atoms with van der Waals surface area (Å²) in [7, 11) is 0. The monoisotopic (exact) mass is 346 g/mol. The number of carbonyl (C=O) groups is 3. The van der Waals surface area contributed by atoms with Crippen molar-refractivity contribution in [3.05, 3.63) is 28.2 Å². The Balaban J connectivity index is 1.62. The third-order valence-corrected chi connectivity index (χ3v) is 6.66. The molecule has 3 aliphatic rings. The molecule has 1 heterocycles. The first-order chi connectivity index (χ1) is 11.5. The van der Waals surface area contributed by atoms with E-state index in [9.17, 15) is 19.5 Å². The van der Waals surface area contributed by atoms with Gasteiger partial charge in [0.25, 0.3) is 5.91 Å². The number of carboxylic acid groups (broad SMARTS) is 1. The molecule has 1 fully saturated rings. The van der Waals surface area contributed by atoms with Gasteiger partial charge in [-0.3, -0.25) is 14.4 Å². The number of primary amides is 1. The quantitative estimate of drug-likeness (QED) is 0.722. The number of rotatable bonds is 4. The number of fused-ring (bicyclic) bond motifs is 3. The van der Waals surface area contributed by atoms with Crippen molar-refractivity contribution in [2.24, 2.45) is 29.4 Å². The Bertz CT molecular complexity index is 782. The molecule has 0 aliphatic heterocycles. The van der Waals surface area contributed by atoms with Crippen LogP contribution in [0.4, 0.5) is 5.00 Å². The number of amides is 2. The van der Waals surface area contributed by atoms with Crippen molar-refractivity contribution in [1.29, 1.82) is 0 Å². The van der Waals surface area contributed by atoms with Gasteiger partial charge in [0, 0.05) is 4.88 Å². The van der Waals surface area contributed by atoms with E-state index in [2.05, 4.69) is 5.32 Å². The largest absolute Gasteiger partial charge is 0.481 e. The highest BCUT2D eigenvalue weighted by atomic mass is 32.1. The minimum atomic E-state index is -0.934. The number of hydrogen-bond acceptors (Lipinski definition) is 4. The highest BCUT2D eigenvalue weighted by molar-refractivity contribution is 7.17. The highest BCUT2D eigenvalue weighted by Crippen LogP contribution is 2.49. The average molecular weight is 346 g/mol. The smallest absolute Gasteiger partial charge is 0.307 e. The van der Waals surface area contributed by atoms with Crippen LogP contribution < -0.4 is 11.1 Å². The summed E-state index contributed by atoms with van der Waals surface area (Å²) in [5, 5.41) is 12.8. The summed E-state index contributed by atoms with van der Waals surface area (Å²) in [5.41, 5.74) is 6.87. The Morgan fingerprint density at radius 3 is 2.54 bits per heavy atom. The standard InChI is InChI=1S/C17H18N2O4S/c18-14(20)13-9-2-1-3-10(9)24-16(13)19-15(21)11-7-4-5-8(6-7)12(11)17(22)23/h4-5,7-8,11-12H,1-3,6H2,(H2,18,20)(H,19,21)(H,22,23)/t7-,8-,11+,12-/m0/s1. The van der Waals surface area contributed by atoms with E-state index in [4.69, 9.17) is 5.73 Å². The molecule has 2 bridgehead atoms. The van der Waals surface area contributed by atoms with Crippen LogP contribution in [0.15, 0.2) is 12.2 Å². The van der Waals surface area contributed by atoms with E-state index < -0.39 is 23.7 Å². The third kappa shape index (κ3) is 2.18. The Labute approximate surface area is 142 Å². The van der Waals surface area contributed by atoms with E-state index in [-0.39, 0.29) is 17.7 Å². The molecule has 6 nitrogen and oxygen atoms in total. The highest BCUT2D eigenvalue weighted by Gasteiger charge is 2.51. The minimum absolute atomic E-state index is 0.0417. The summed E-state index contributed by atoms with van der Waals surface area (Å²) in [6.45, 7) is 0. The minimum Gasteiger partial charge on any atom is -0.481 e. The van der Waals surface area contributed by atoms with Crippen LogP contribution in [0.2, 0.25) is 0 Å². The van der Waals surface area contributed by atoms with Crippen molar-refractivity contribution in [3.63, 3.8) is 0 Å². The van der Waals surface area contributed by atoms with Gasteiger partial charge in [0.2, 0.25) is 5.91 Å². The van der Waals surface area contributed by atoms with E-state index in [1.807, 2.05) is 12.2 Å². The number of anilines is 1. The molecule has 2 amide bonds. The summed E-state index contributed by atoms with van der Waals surface area (Å²) >= 11 is 1.40. The molecule has 1 aromatic rings. The fraction of sp³-hybridized carbons (Fsp3) is 0.471. The maximum absolute atomic E-state index is 12.8. The Morgan fingerprint density at radius 2 is 1.88 bits per heavy atom. The summed E-state index contributed by atoms with van der Waals surface area (Å²) in [5.74, 6) is -3.18. The van der Waals surface area contributed by atoms with E-state index in [0.29, 0.717) is 17.0 Å². The molecule has 24 heavy (non-hydrogen) atoms. The number of carbonyl (C=O) groups excluding carboxylic acids is 2. The van der Waals surface area contributed by atoms with Gasteiger partial charge in [-0.1, -0.05) is 12.2 Å². The molecule has 1 saturated carbocycles. The zero-order valence-electron chi connectivity index (χ0n) is 13.0. The molecule has 0 radical (unpaired) electrons. The van der Waals surface area contributed by atoms with Crippen molar-refractivity contribution >= 4 is 34.1 Å². The van der Waals surface area contributed by atoms with Crippen LogP contribution in [-0.4, -0.2) is 22.9 Å². The Morgan fingerprint density at radius 1 is 1.17 bits per heavy atom. The Hall–Kier alpha value is -2.15. The third-order valence-electron chi connectivity index (χ3n) is 5.45. The predicted octanol–water partition coefficient (Wildman–Crippen LogP) is 1.80. The van der Waals surface area contributed by atoms with Crippen LogP contribution in [0.1, 0.15) is 33.6 Å². The summed E-state index contributed by atoms with van der Waals surface area (Å²) < 4.78 is 0. The first-order valence-electron chi connectivity index (χ1n) is 8.13. The number of nitrogens with two attached hydrogens (primary N) is 1. The van der Waals surface area contributed by atoms with Crippen LogP contribution in [0.5, 0.6) is 0 Å². The van der Waals surface area contributed by atoms with Gasteiger partial charge >= 0.3 is 5.97 Å². The molecule has 4 rings (SSSR count). The van der Waals surface area contributed by atoms with Gasteiger partial charge in [-0.05, 0) is 43.1 Å². The lowest BCUT2D eigenvalue weighted by Gasteiger charge is -2.23. The Kier molecular flexibility index (Phi) is 3.49. The molecule has 7 heteroatoms. The second-order valence-electron chi connectivity index (χ2n) is 6.75. The molecule has 0 saturated heterocycles. The summed E-state index contributed by atoms with van der Waals surface area (Å²) in [6, 6.07) is 0. The molecular formula is C17H18N2O4S. The number of allylic oxidation sites excluding steroid dienone is 2. The number of carboxylic acids is 1. The van der Waals surface area contributed by atoms with Crippen molar-refractivity contribution in [2.75, 3.05) is 5.32 Å². The van der Waals surface area contributed by atoms with E-state index in [0.717, 1.165) is 29.7 Å². The van der Waals surface area contributed by atoms with Gasteiger partial charge in [-0.15, -0.1) is 11.3 Å². The maximum Gasteiger partial charge on any atom is 0.307 e. The van der Waals surface area contributed by atoms with E-state index in [1.54, 1.807) is 0 Å². The fourth-order valence-corrected chi connectivity index (χ4v) is 5.76. The maximum atomic E-state index is 12.8. The van der Waals surface area contributed by atoms with Gasteiger partial charge in [-0.2, -0.15) is 0 Å². The zero-order chi connectivity index (χ0) is 17.0. The molecule has 0 aromatic carbocycles. The molecule has 1 aromatic heterocycles. The molecule has 3 aliphatic carbocycles. The molecule has 126 valence electrons. The van der Waals surface area contributed by atoms with Gasteiger partial charge in [0.1, 0.15) is 5.00 Å². The van der Waals surface area contributed by atoms with Crippen LogP contribution in [0, 0.1) is 23.7 Å². The fourth-order valence-electron chi connectivity index (χ4n) is 4.46. The SMILES string of the molecule is NC(=O)c1c(NC(=O)[C@H]2[C@@H](C(=O)O)[C@H]3C=C[C@H]2C3)sc2c1CCC2. The van der Waals surface area contributed by atoms with Crippen LogP contribution in [0.3, 0.4) is 0 Å². The summed E-state index contributed by atoms with van der Waals surface area (Å²) in [4.78, 5) is 37.2. The van der Waals surface area contributed by atoms with E-state index in [1.165, 1.54) is 11.3 Å². The second kappa shape index (κ2) is 5.44. The number of aryl methyl sites for hydroxylation is 1. The average Bonchev–Trinajstić information content (AvgIpc) is 3.24. The lowest BCUT2D eigenvalue weighted by Crippen LogP contribution is -2.36. The molecule has 0 unspecified atom stereocenters. The van der Waals surface area contributed by atoms with E-state index >= 15 is 0 Å². The molecule has 4 atom stereocenters. The van der Waals surface area contributed by atoms with Crippen LogP contribution in [0.25, 0.3) is 0 Å². The number of nitrogens with one attached hydrogen (secondary N) is 1. The lowest BCUT2D eigenvalue weighted by atomic mass is 9.82. The lowest BCUT2D eigenvalue weighted by molar-refractivity contribution is -0.146. The van der Waals surface area contributed by atoms with Crippen molar-refractivity contribution < 1.29 is 19.5 Å². The van der Waals surface area contributed by atoms with Gasteiger partial charge < -0.3 is 16.2 Å². The second-order valence-corrected chi connectivity index (χ2v) is 7.86. The molecule has 4 N–H and O–H groups in total. The van der Waals surface area contributed by atoms with Crippen LogP contribution in [-0.2, 0) is 22.4 Å². The van der Waals surface area contributed by atoms with Crippen LogP contribution >= 0.6 is 11.3 Å². The summed E-state index contributed by atoms with van der Waals surface area (Å²) in [6.07, 6.45) is 7.24. The first kappa shape index (κ1) is 15.4. The van der Waals surface area contributed by atoms with Gasteiger partial charge in [-0.25, -0.2) is 0 Å². The number of thiophene rings is 1. The molecular weight excluding hydrogens is 328 g/mol. The van der Waals surface area contributed by atoms with Crippen molar-refractivity contribution in [2.45, 2.75) is 25.7 Å². The van der Waals surface area contributed by atoms with Crippen molar-refractivity contribution in [1.82, 2.24) is 0 Å². The van der Waals surface area contributed by atoms with Gasteiger partial charge in [0.05, 0.1) is 17.4 Å². The first-order valence-corrected chi connectivity index (χ1v) is 8.95. The van der Waals surface area contributed by atoms with Crippen molar-refractivity contribution in [3.8, 4) is 0 Å². The normalized spacial score (nSPS) is 29.7. The van der Waals surface area contributed by atoms with Gasteiger partial charge in [0.15, 0.2) is 0 Å². The predicted molar refractivity (Wildman–Crippen MR) is 88.8 cm³/mol.